The number of halogens is 1. The van der Waals surface area contributed by atoms with E-state index in [1.165, 1.54) is 0 Å². The van der Waals surface area contributed by atoms with Crippen molar-refractivity contribution in [3.63, 3.8) is 0 Å². The van der Waals surface area contributed by atoms with E-state index in [-0.39, 0.29) is 17.2 Å². The molecule has 0 radical (unpaired) electrons. The van der Waals surface area contributed by atoms with Crippen molar-refractivity contribution >= 4 is 11.6 Å². The van der Waals surface area contributed by atoms with Gasteiger partial charge >= 0.3 is 0 Å². The van der Waals surface area contributed by atoms with Gasteiger partial charge in [-0.05, 0) is 23.6 Å². The quantitative estimate of drug-likeness (QED) is 0.753. The van der Waals surface area contributed by atoms with Gasteiger partial charge in [0.05, 0.1) is 0 Å². The largest absolute Gasteiger partial charge is 0.508 e. The zero-order valence-corrected chi connectivity index (χ0v) is 9.47. The van der Waals surface area contributed by atoms with Gasteiger partial charge in [0.15, 0.2) is 0 Å². The highest BCUT2D eigenvalue weighted by atomic mass is 35.5. The number of phenols is 1. The molecule has 0 saturated heterocycles. The molecule has 1 aromatic rings. The molecule has 1 atom stereocenters. The third-order valence-electron chi connectivity index (χ3n) is 2.26. The summed E-state index contributed by atoms with van der Waals surface area (Å²) >= 11 is 5.84. The molecule has 14 heavy (non-hydrogen) atoms. The van der Waals surface area contributed by atoms with Crippen molar-refractivity contribution in [1.82, 2.24) is 0 Å². The van der Waals surface area contributed by atoms with Gasteiger partial charge in [0.25, 0.3) is 0 Å². The van der Waals surface area contributed by atoms with Crippen LogP contribution in [0.15, 0.2) is 18.2 Å². The van der Waals surface area contributed by atoms with E-state index in [0.29, 0.717) is 10.6 Å². The first kappa shape index (κ1) is 11.3. The van der Waals surface area contributed by atoms with E-state index in [2.05, 4.69) is 0 Å². The molecule has 0 saturated carbocycles. The number of aromatic hydroxyl groups is 1. The second-order valence-corrected chi connectivity index (χ2v) is 4.98. The Labute approximate surface area is 89.7 Å². The molecule has 3 N–H and O–H groups in total. The molecule has 0 aliphatic carbocycles. The average Bonchev–Trinajstić information content (AvgIpc) is 2.06. The standard InChI is InChI=1S/C11H16ClNO/c1-11(2,3)10(13)8-6-7(12)4-5-9(8)14/h4-6,10,14H,13H2,1-3H3/t10-/m1/s1. The lowest BCUT2D eigenvalue weighted by Crippen LogP contribution is -2.26. The molecule has 0 heterocycles. The predicted octanol–water partition coefficient (Wildman–Crippen LogP) is 3.09. The van der Waals surface area contributed by atoms with Crippen LogP contribution >= 0.6 is 11.6 Å². The Kier molecular flexibility index (Phi) is 3.07. The molecule has 1 aromatic carbocycles. The minimum Gasteiger partial charge on any atom is -0.508 e. The van der Waals surface area contributed by atoms with Crippen LogP contribution in [0.1, 0.15) is 32.4 Å². The number of benzene rings is 1. The van der Waals surface area contributed by atoms with E-state index in [1.54, 1.807) is 18.2 Å². The summed E-state index contributed by atoms with van der Waals surface area (Å²) in [6.07, 6.45) is 0. The van der Waals surface area contributed by atoms with Gasteiger partial charge in [-0.3, -0.25) is 0 Å². The van der Waals surface area contributed by atoms with Crippen LogP contribution in [0, 0.1) is 5.41 Å². The zero-order chi connectivity index (χ0) is 10.9. The highest BCUT2D eigenvalue weighted by Crippen LogP contribution is 2.36. The zero-order valence-electron chi connectivity index (χ0n) is 8.71. The summed E-state index contributed by atoms with van der Waals surface area (Å²) in [5.41, 5.74) is 6.63. The molecular weight excluding hydrogens is 198 g/mol. The fourth-order valence-electron chi connectivity index (χ4n) is 1.24. The molecular formula is C11H16ClNO. The maximum atomic E-state index is 9.63. The van der Waals surface area contributed by atoms with Crippen molar-refractivity contribution in [1.29, 1.82) is 0 Å². The van der Waals surface area contributed by atoms with Crippen LogP contribution in [0.3, 0.4) is 0 Å². The van der Waals surface area contributed by atoms with E-state index in [0.717, 1.165) is 0 Å². The molecule has 0 aliphatic rings. The molecule has 0 aliphatic heterocycles. The van der Waals surface area contributed by atoms with Crippen molar-refractivity contribution in [3.8, 4) is 5.75 Å². The van der Waals surface area contributed by atoms with E-state index in [9.17, 15) is 5.11 Å². The Morgan fingerprint density at radius 2 is 1.93 bits per heavy atom. The molecule has 3 heteroatoms. The number of hydrogen-bond acceptors (Lipinski definition) is 2. The van der Waals surface area contributed by atoms with Crippen LogP contribution in [0.5, 0.6) is 5.75 Å². The van der Waals surface area contributed by atoms with Gasteiger partial charge in [-0.15, -0.1) is 0 Å². The lowest BCUT2D eigenvalue weighted by Gasteiger charge is -2.27. The third-order valence-corrected chi connectivity index (χ3v) is 2.49. The fraction of sp³-hybridized carbons (Fsp3) is 0.455. The summed E-state index contributed by atoms with van der Waals surface area (Å²) in [7, 11) is 0. The Bertz CT molecular complexity index is 331. The van der Waals surface area contributed by atoms with Crippen molar-refractivity contribution in [2.75, 3.05) is 0 Å². The van der Waals surface area contributed by atoms with Gasteiger partial charge < -0.3 is 10.8 Å². The second kappa shape index (κ2) is 3.79. The Hall–Kier alpha value is -0.730. The molecule has 0 fully saturated rings. The van der Waals surface area contributed by atoms with Gasteiger partial charge in [-0.2, -0.15) is 0 Å². The molecule has 0 unspecified atom stereocenters. The predicted molar refractivity (Wildman–Crippen MR) is 59.5 cm³/mol. The van der Waals surface area contributed by atoms with E-state index in [1.807, 2.05) is 20.8 Å². The van der Waals surface area contributed by atoms with Crippen LogP contribution < -0.4 is 5.73 Å². The van der Waals surface area contributed by atoms with E-state index in [4.69, 9.17) is 17.3 Å². The van der Waals surface area contributed by atoms with Crippen LogP contribution in [0.4, 0.5) is 0 Å². The van der Waals surface area contributed by atoms with Crippen molar-refractivity contribution < 1.29 is 5.11 Å². The Balaban J connectivity index is 3.12. The minimum absolute atomic E-state index is 0.0951. The maximum Gasteiger partial charge on any atom is 0.120 e. The molecule has 78 valence electrons. The minimum atomic E-state index is -0.221. The SMILES string of the molecule is CC(C)(C)[C@H](N)c1cc(Cl)ccc1O. The molecule has 0 bridgehead atoms. The Morgan fingerprint density at radius 1 is 1.36 bits per heavy atom. The van der Waals surface area contributed by atoms with Crippen LogP contribution in [-0.2, 0) is 0 Å². The highest BCUT2D eigenvalue weighted by molar-refractivity contribution is 6.30. The van der Waals surface area contributed by atoms with Crippen LogP contribution in [0.25, 0.3) is 0 Å². The first-order valence-electron chi connectivity index (χ1n) is 4.56. The van der Waals surface area contributed by atoms with Gasteiger partial charge in [0, 0.05) is 16.6 Å². The first-order valence-corrected chi connectivity index (χ1v) is 4.94. The number of nitrogens with two attached hydrogens (primary N) is 1. The Morgan fingerprint density at radius 3 is 2.43 bits per heavy atom. The van der Waals surface area contributed by atoms with Crippen molar-refractivity contribution in [3.05, 3.63) is 28.8 Å². The molecule has 1 rings (SSSR count). The number of phenolic OH excluding ortho intramolecular Hbond substituents is 1. The summed E-state index contributed by atoms with van der Waals surface area (Å²) in [5, 5.41) is 10.2. The van der Waals surface area contributed by atoms with Crippen molar-refractivity contribution in [2.24, 2.45) is 11.1 Å². The lowest BCUT2D eigenvalue weighted by atomic mass is 9.83. The summed E-state index contributed by atoms with van der Waals surface area (Å²) in [4.78, 5) is 0. The highest BCUT2D eigenvalue weighted by Gasteiger charge is 2.24. The summed E-state index contributed by atoms with van der Waals surface area (Å²) < 4.78 is 0. The smallest absolute Gasteiger partial charge is 0.120 e. The third kappa shape index (κ3) is 2.40. The first-order chi connectivity index (χ1) is 6.32. The normalized spacial score (nSPS) is 14.1. The fourth-order valence-corrected chi connectivity index (χ4v) is 1.42. The summed E-state index contributed by atoms with van der Waals surface area (Å²) in [6.45, 7) is 6.08. The maximum absolute atomic E-state index is 9.63. The lowest BCUT2D eigenvalue weighted by molar-refractivity contribution is 0.318. The van der Waals surface area contributed by atoms with Gasteiger partial charge in [0.2, 0.25) is 0 Å². The molecule has 0 spiro atoms. The molecule has 2 nitrogen and oxygen atoms in total. The summed E-state index contributed by atoms with van der Waals surface area (Å²) in [6, 6.07) is 4.72. The van der Waals surface area contributed by atoms with Crippen LogP contribution in [-0.4, -0.2) is 5.11 Å². The summed E-state index contributed by atoms with van der Waals surface area (Å²) in [5.74, 6) is 0.205. The second-order valence-electron chi connectivity index (χ2n) is 4.55. The number of hydrogen-bond donors (Lipinski definition) is 2. The molecule has 0 amide bonds. The van der Waals surface area contributed by atoms with Gasteiger partial charge in [-0.1, -0.05) is 32.4 Å². The topological polar surface area (TPSA) is 46.2 Å². The van der Waals surface area contributed by atoms with Crippen molar-refractivity contribution in [2.45, 2.75) is 26.8 Å². The molecule has 0 aromatic heterocycles. The van der Waals surface area contributed by atoms with Gasteiger partial charge in [0.1, 0.15) is 5.75 Å². The monoisotopic (exact) mass is 213 g/mol. The van der Waals surface area contributed by atoms with E-state index >= 15 is 0 Å². The average molecular weight is 214 g/mol. The number of rotatable bonds is 1. The van der Waals surface area contributed by atoms with Crippen LogP contribution in [0.2, 0.25) is 5.02 Å². The van der Waals surface area contributed by atoms with E-state index < -0.39 is 0 Å². The van der Waals surface area contributed by atoms with Gasteiger partial charge in [-0.25, -0.2) is 0 Å².